The van der Waals surface area contributed by atoms with E-state index >= 15 is 0 Å². The Balaban J connectivity index is 2.97. The molecule has 0 N–H and O–H groups in total. The number of aryl methyl sites for hydroxylation is 1. The van der Waals surface area contributed by atoms with Crippen molar-refractivity contribution < 1.29 is 0 Å². The third kappa shape index (κ3) is 2.30. The Morgan fingerprint density at radius 3 is 2.43 bits per heavy atom. The molecule has 14 heavy (non-hydrogen) atoms. The van der Waals surface area contributed by atoms with Gasteiger partial charge in [0.25, 0.3) is 0 Å². The Hall–Kier alpha value is -1.40. The quantitative estimate of drug-likeness (QED) is 0.693. The number of hydrogen-bond acceptors (Lipinski definition) is 2. The fraction of sp³-hybridized carbons (Fsp3) is 0.273. The van der Waals surface area contributed by atoms with E-state index in [-0.39, 0.29) is 0 Å². The number of nitriles is 1. The van der Waals surface area contributed by atoms with Gasteiger partial charge < -0.3 is 4.90 Å². The molecular formula is C11H12N2S. The van der Waals surface area contributed by atoms with Crippen LogP contribution >= 0.6 is 12.2 Å². The van der Waals surface area contributed by atoms with E-state index in [2.05, 4.69) is 0 Å². The standard InChI is InChI=1S/C11H12N2S/c1-3-13(11(14)8-12)10-6-4-9(2)5-7-10/h4-7H,3H2,1-2H3. The van der Waals surface area contributed by atoms with Crippen LogP contribution in [0.4, 0.5) is 5.69 Å². The summed E-state index contributed by atoms with van der Waals surface area (Å²) in [5, 5.41) is 8.72. The summed E-state index contributed by atoms with van der Waals surface area (Å²) in [6.07, 6.45) is 0. The molecule has 0 aliphatic carbocycles. The molecule has 0 aliphatic rings. The highest BCUT2D eigenvalue weighted by molar-refractivity contribution is 7.81. The zero-order valence-corrected chi connectivity index (χ0v) is 9.14. The van der Waals surface area contributed by atoms with Crippen LogP contribution in [0.25, 0.3) is 0 Å². The largest absolute Gasteiger partial charge is 0.324 e. The molecule has 0 saturated heterocycles. The van der Waals surface area contributed by atoms with Crippen LogP contribution in [0.2, 0.25) is 0 Å². The summed E-state index contributed by atoms with van der Waals surface area (Å²) < 4.78 is 0. The predicted octanol–water partition coefficient (Wildman–Crippen LogP) is 2.67. The summed E-state index contributed by atoms with van der Waals surface area (Å²) in [7, 11) is 0. The first-order chi connectivity index (χ1) is 6.69. The van der Waals surface area contributed by atoms with Crippen LogP contribution < -0.4 is 4.90 Å². The van der Waals surface area contributed by atoms with E-state index in [9.17, 15) is 0 Å². The zero-order valence-electron chi connectivity index (χ0n) is 8.32. The van der Waals surface area contributed by atoms with Crippen LogP contribution in [-0.2, 0) is 0 Å². The Morgan fingerprint density at radius 1 is 1.43 bits per heavy atom. The van der Waals surface area contributed by atoms with E-state index < -0.39 is 0 Å². The number of thiocarbonyl (C=S) groups is 1. The number of rotatable bonds is 2. The van der Waals surface area contributed by atoms with Gasteiger partial charge in [-0.2, -0.15) is 5.26 Å². The van der Waals surface area contributed by atoms with Crippen molar-refractivity contribution in [2.45, 2.75) is 13.8 Å². The molecule has 0 unspecified atom stereocenters. The van der Waals surface area contributed by atoms with Gasteiger partial charge in [0.2, 0.25) is 0 Å². The fourth-order valence-electron chi connectivity index (χ4n) is 1.23. The van der Waals surface area contributed by atoms with Crippen LogP contribution in [0.1, 0.15) is 12.5 Å². The van der Waals surface area contributed by atoms with Crippen molar-refractivity contribution in [1.29, 1.82) is 5.26 Å². The van der Waals surface area contributed by atoms with Crippen molar-refractivity contribution in [3.63, 3.8) is 0 Å². The molecule has 0 aromatic heterocycles. The fourth-order valence-corrected chi connectivity index (χ4v) is 1.46. The van der Waals surface area contributed by atoms with Gasteiger partial charge in [0.05, 0.1) is 0 Å². The van der Waals surface area contributed by atoms with Gasteiger partial charge in [-0.25, -0.2) is 0 Å². The minimum Gasteiger partial charge on any atom is -0.324 e. The van der Waals surface area contributed by atoms with Gasteiger partial charge in [0.1, 0.15) is 6.07 Å². The lowest BCUT2D eigenvalue weighted by molar-refractivity contribution is 1.07. The lowest BCUT2D eigenvalue weighted by Crippen LogP contribution is -2.27. The molecule has 0 radical (unpaired) electrons. The van der Waals surface area contributed by atoms with Crippen molar-refractivity contribution in [3.05, 3.63) is 29.8 Å². The first-order valence-electron chi connectivity index (χ1n) is 4.47. The summed E-state index contributed by atoms with van der Waals surface area (Å²) in [6.45, 7) is 4.72. The number of benzene rings is 1. The monoisotopic (exact) mass is 204 g/mol. The van der Waals surface area contributed by atoms with E-state index in [1.807, 2.05) is 49.1 Å². The molecule has 1 aromatic rings. The molecule has 0 heterocycles. The smallest absolute Gasteiger partial charge is 0.185 e. The molecular weight excluding hydrogens is 192 g/mol. The number of hydrogen-bond donors (Lipinski definition) is 0. The lowest BCUT2D eigenvalue weighted by Gasteiger charge is -2.19. The van der Waals surface area contributed by atoms with E-state index in [0.717, 1.165) is 12.2 Å². The first kappa shape index (κ1) is 10.7. The van der Waals surface area contributed by atoms with Crippen molar-refractivity contribution in [2.24, 2.45) is 0 Å². The molecule has 72 valence electrons. The molecule has 0 aliphatic heterocycles. The summed E-state index contributed by atoms with van der Waals surface area (Å²) in [6, 6.07) is 9.96. The second-order valence-corrected chi connectivity index (χ2v) is 3.38. The molecule has 1 rings (SSSR count). The van der Waals surface area contributed by atoms with Crippen molar-refractivity contribution in [2.75, 3.05) is 11.4 Å². The number of anilines is 1. The molecule has 2 nitrogen and oxygen atoms in total. The highest BCUT2D eigenvalue weighted by Gasteiger charge is 2.08. The minimum atomic E-state index is 0.316. The van der Waals surface area contributed by atoms with Crippen molar-refractivity contribution in [3.8, 4) is 6.07 Å². The third-order valence-corrected chi connectivity index (χ3v) is 2.31. The molecule has 0 saturated carbocycles. The Labute approximate surface area is 89.8 Å². The minimum absolute atomic E-state index is 0.316. The lowest BCUT2D eigenvalue weighted by atomic mass is 10.2. The average molecular weight is 204 g/mol. The Bertz CT molecular complexity index is 362. The summed E-state index contributed by atoms with van der Waals surface area (Å²) >= 11 is 4.96. The molecule has 0 bridgehead atoms. The highest BCUT2D eigenvalue weighted by atomic mass is 32.1. The van der Waals surface area contributed by atoms with Crippen LogP contribution in [0.3, 0.4) is 0 Å². The maximum absolute atomic E-state index is 8.72. The van der Waals surface area contributed by atoms with Crippen LogP contribution in [-0.4, -0.2) is 11.5 Å². The molecule has 1 aromatic carbocycles. The molecule has 0 fully saturated rings. The van der Waals surface area contributed by atoms with E-state index in [1.165, 1.54) is 5.56 Å². The summed E-state index contributed by atoms with van der Waals surface area (Å²) in [5.41, 5.74) is 2.18. The van der Waals surface area contributed by atoms with Crippen LogP contribution in [0, 0.1) is 18.3 Å². The van der Waals surface area contributed by atoms with Gasteiger partial charge in [-0.3, -0.25) is 0 Å². The predicted molar refractivity (Wildman–Crippen MR) is 62.4 cm³/mol. The second kappa shape index (κ2) is 4.73. The molecule has 0 amide bonds. The maximum atomic E-state index is 8.72. The van der Waals surface area contributed by atoms with Gasteiger partial charge in [0, 0.05) is 12.2 Å². The van der Waals surface area contributed by atoms with Gasteiger partial charge >= 0.3 is 0 Å². The van der Waals surface area contributed by atoms with Gasteiger partial charge in [0.15, 0.2) is 4.99 Å². The van der Waals surface area contributed by atoms with Crippen molar-refractivity contribution in [1.82, 2.24) is 0 Å². The Morgan fingerprint density at radius 2 is 2.00 bits per heavy atom. The Kier molecular flexibility index (Phi) is 3.61. The third-order valence-electron chi connectivity index (χ3n) is 2.00. The van der Waals surface area contributed by atoms with Gasteiger partial charge in [-0.1, -0.05) is 17.7 Å². The first-order valence-corrected chi connectivity index (χ1v) is 4.88. The highest BCUT2D eigenvalue weighted by Crippen LogP contribution is 2.15. The number of nitrogens with zero attached hydrogens (tertiary/aromatic N) is 2. The van der Waals surface area contributed by atoms with E-state index in [0.29, 0.717) is 4.99 Å². The summed E-state index contributed by atoms with van der Waals surface area (Å²) in [5.74, 6) is 0. The maximum Gasteiger partial charge on any atom is 0.185 e. The molecule has 0 spiro atoms. The normalized spacial score (nSPS) is 9.21. The summed E-state index contributed by atoms with van der Waals surface area (Å²) in [4.78, 5) is 2.13. The second-order valence-electron chi connectivity index (χ2n) is 3.00. The van der Waals surface area contributed by atoms with Gasteiger partial charge in [-0.05, 0) is 38.2 Å². The average Bonchev–Trinajstić information content (AvgIpc) is 2.21. The van der Waals surface area contributed by atoms with Crippen molar-refractivity contribution >= 4 is 22.9 Å². The zero-order chi connectivity index (χ0) is 10.6. The van der Waals surface area contributed by atoms with Crippen LogP contribution in [0.15, 0.2) is 24.3 Å². The molecule has 0 atom stereocenters. The van der Waals surface area contributed by atoms with Crippen LogP contribution in [0.5, 0.6) is 0 Å². The van der Waals surface area contributed by atoms with E-state index in [4.69, 9.17) is 17.5 Å². The van der Waals surface area contributed by atoms with Gasteiger partial charge in [-0.15, -0.1) is 0 Å². The molecule has 3 heteroatoms. The topological polar surface area (TPSA) is 27.0 Å². The van der Waals surface area contributed by atoms with E-state index in [1.54, 1.807) is 0 Å². The SMILES string of the molecule is CCN(C(=S)C#N)c1ccc(C)cc1.